The quantitative estimate of drug-likeness (QED) is 0.764. The number of aryl methyl sites for hydroxylation is 2. The second-order valence-corrected chi connectivity index (χ2v) is 5.84. The van der Waals surface area contributed by atoms with Gasteiger partial charge in [-0.1, -0.05) is 24.6 Å². The zero-order valence-electron chi connectivity index (χ0n) is 12.8. The highest BCUT2D eigenvalue weighted by molar-refractivity contribution is 5.77. The maximum absolute atomic E-state index is 12.2. The molecule has 0 aliphatic heterocycles. The molecule has 110 valence electrons. The Labute approximate surface area is 121 Å². The molecule has 0 N–H and O–H groups in total. The molecule has 0 atom stereocenters. The van der Waals surface area contributed by atoms with E-state index >= 15 is 0 Å². The molecular weight excluding hydrogens is 250 g/mol. The Morgan fingerprint density at radius 3 is 2.70 bits per heavy atom. The van der Waals surface area contributed by atoms with Crippen LogP contribution < -0.4 is 4.74 Å². The molecule has 1 aromatic rings. The van der Waals surface area contributed by atoms with Crippen molar-refractivity contribution in [1.29, 1.82) is 0 Å². The lowest BCUT2D eigenvalue weighted by atomic mass is 10.1. The van der Waals surface area contributed by atoms with Gasteiger partial charge >= 0.3 is 0 Å². The molecule has 3 heteroatoms. The van der Waals surface area contributed by atoms with E-state index in [0.29, 0.717) is 0 Å². The van der Waals surface area contributed by atoms with Gasteiger partial charge in [-0.15, -0.1) is 0 Å². The molecule has 0 heterocycles. The summed E-state index contributed by atoms with van der Waals surface area (Å²) in [6, 6.07) is 6.04. The molecule has 1 fully saturated rings. The zero-order chi connectivity index (χ0) is 14.5. The van der Waals surface area contributed by atoms with E-state index in [9.17, 15) is 4.79 Å². The second kappa shape index (κ2) is 6.78. The number of carbonyl (C=O) groups excluding carboxylic acids is 1. The van der Waals surface area contributed by atoms with Gasteiger partial charge in [0.2, 0.25) is 0 Å². The summed E-state index contributed by atoms with van der Waals surface area (Å²) in [5.74, 6) is 1.65. The van der Waals surface area contributed by atoms with E-state index in [1.807, 2.05) is 24.0 Å². The van der Waals surface area contributed by atoms with Gasteiger partial charge in [-0.25, -0.2) is 0 Å². The standard InChI is InChI=1S/C17H25NO2/c1-4-9-18(11-15-6-7-15)17(19)12-20-16-8-5-13(2)10-14(16)3/h5,8,10,15H,4,6-7,9,11-12H2,1-3H3. The molecule has 0 spiro atoms. The third-order valence-electron chi connectivity index (χ3n) is 3.70. The molecule has 0 saturated heterocycles. The fourth-order valence-corrected chi connectivity index (χ4v) is 2.39. The Hall–Kier alpha value is -1.51. The van der Waals surface area contributed by atoms with E-state index in [-0.39, 0.29) is 12.5 Å². The van der Waals surface area contributed by atoms with Crippen LogP contribution in [0.25, 0.3) is 0 Å². The molecule has 0 bridgehead atoms. The average Bonchev–Trinajstić information content (AvgIpc) is 3.21. The lowest BCUT2D eigenvalue weighted by molar-refractivity contribution is -0.133. The van der Waals surface area contributed by atoms with Gasteiger partial charge in [0.15, 0.2) is 6.61 Å². The molecule has 0 unspecified atom stereocenters. The first-order valence-electron chi connectivity index (χ1n) is 7.58. The lowest BCUT2D eigenvalue weighted by Crippen LogP contribution is -2.37. The van der Waals surface area contributed by atoms with Gasteiger partial charge in [0.05, 0.1) is 0 Å². The summed E-state index contributed by atoms with van der Waals surface area (Å²) >= 11 is 0. The molecule has 1 aliphatic carbocycles. The number of benzene rings is 1. The fraction of sp³-hybridized carbons (Fsp3) is 0.588. The molecule has 2 rings (SSSR count). The van der Waals surface area contributed by atoms with E-state index in [2.05, 4.69) is 19.9 Å². The first-order valence-corrected chi connectivity index (χ1v) is 7.58. The summed E-state index contributed by atoms with van der Waals surface area (Å²) in [4.78, 5) is 14.2. The molecular formula is C17H25NO2. The van der Waals surface area contributed by atoms with Crippen LogP contribution in [0, 0.1) is 19.8 Å². The van der Waals surface area contributed by atoms with E-state index in [0.717, 1.165) is 36.7 Å². The van der Waals surface area contributed by atoms with Crippen molar-refractivity contribution >= 4 is 5.91 Å². The van der Waals surface area contributed by atoms with E-state index in [1.165, 1.54) is 18.4 Å². The number of rotatable bonds is 7. The fourth-order valence-electron chi connectivity index (χ4n) is 2.39. The molecule has 1 aromatic carbocycles. The van der Waals surface area contributed by atoms with Crippen LogP contribution in [-0.4, -0.2) is 30.5 Å². The maximum atomic E-state index is 12.2. The zero-order valence-corrected chi connectivity index (χ0v) is 12.8. The van der Waals surface area contributed by atoms with Gasteiger partial charge in [0.1, 0.15) is 5.75 Å². The van der Waals surface area contributed by atoms with Crippen molar-refractivity contribution in [1.82, 2.24) is 4.90 Å². The number of hydrogen-bond donors (Lipinski definition) is 0. The highest BCUT2D eigenvalue weighted by atomic mass is 16.5. The number of nitrogens with zero attached hydrogens (tertiary/aromatic N) is 1. The average molecular weight is 275 g/mol. The van der Waals surface area contributed by atoms with Crippen LogP contribution in [0.15, 0.2) is 18.2 Å². The third kappa shape index (κ3) is 4.26. The van der Waals surface area contributed by atoms with Crippen molar-refractivity contribution in [2.75, 3.05) is 19.7 Å². The molecule has 20 heavy (non-hydrogen) atoms. The Bertz CT molecular complexity index is 466. The van der Waals surface area contributed by atoms with Crippen molar-refractivity contribution < 1.29 is 9.53 Å². The van der Waals surface area contributed by atoms with Crippen molar-refractivity contribution in [3.8, 4) is 5.75 Å². The monoisotopic (exact) mass is 275 g/mol. The third-order valence-corrected chi connectivity index (χ3v) is 3.70. The summed E-state index contributed by atoms with van der Waals surface area (Å²) in [7, 11) is 0. The molecule has 0 radical (unpaired) electrons. The van der Waals surface area contributed by atoms with Crippen LogP contribution in [0.5, 0.6) is 5.75 Å². The summed E-state index contributed by atoms with van der Waals surface area (Å²) in [5.41, 5.74) is 2.30. The van der Waals surface area contributed by atoms with Crippen LogP contribution in [0.4, 0.5) is 0 Å². The first-order chi connectivity index (χ1) is 9.60. The Balaban J connectivity index is 1.88. The summed E-state index contributed by atoms with van der Waals surface area (Å²) in [5, 5.41) is 0. The maximum Gasteiger partial charge on any atom is 0.260 e. The highest BCUT2D eigenvalue weighted by Gasteiger charge is 2.26. The van der Waals surface area contributed by atoms with E-state index in [4.69, 9.17) is 4.74 Å². The van der Waals surface area contributed by atoms with E-state index in [1.54, 1.807) is 0 Å². The minimum absolute atomic E-state index is 0.110. The Morgan fingerprint density at radius 1 is 1.35 bits per heavy atom. The van der Waals surface area contributed by atoms with Crippen LogP contribution >= 0.6 is 0 Å². The van der Waals surface area contributed by atoms with Gasteiger partial charge in [-0.3, -0.25) is 4.79 Å². The summed E-state index contributed by atoms with van der Waals surface area (Å²) in [6.07, 6.45) is 3.54. The van der Waals surface area contributed by atoms with Gasteiger partial charge in [-0.05, 0) is 50.7 Å². The summed E-state index contributed by atoms with van der Waals surface area (Å²) in [6.45, 7) is 8.07. The number of ether oxygens (including phenoxy) is 1. The normalized spacial score (nSPS) is 14.2. The molecule has 3 nitrogen and oxygen atoms in total. The van der Waals surface area contributed by atoms with Gasteiger partial charge in [0, 0.05) is 13.1 Å². The largest absolute Gasteiger partial charge is 0.484 e. The van der Waals surface area contributed by atoms with Gasteiger partial charge in [0.25, 0.3) is 5.91 Å². The van der Waals surface area contributed by atoms with E-state index < -0.39 is 0 Å². The Morgan fingerprint density at radius 2 is 2.10 bits per heavy atom. The second-order valence-electron chi connectivity index (χ2n) is 5.84. The lowest BCUT2D eigenvalue weighted by Gasteiger charge is -2.22. The number of hydrogen-bond acceptors (Lipinski definition) is 2. The topological polar surface area (TPSA) is 29.5 Å². The number of amides is 1. The predicted molar refractivity (Wildman–Crippen MR) is 81.0 cm³/mol. The van der Waals surface area contributed by atoms with Crippen molar-refractivity contribution in [2.24, 2.45) is 5.92 Å². The minimum atomic E-state index is 0.110. The molecule has 1 saturated carbocycles. The van der Waals surface area contributed by atoms with Crippen molar-refractivity contribution in [3.05, 3.63) is 29.3 Å². The van der Waals surface area contributed by atoms with Gasteiger partial charge < -0.3 is 9.64 Å². The van der Waals surface area contributed by atoms with Crippen LogP contribution in [0.1, 0.15) is 37.3 Å². The van der Waals surface area contributed by atoms with Crippen molar-refractivity contribution in [2.45, 2.75) is 40.0 Å². The first kappa shape index (κ1) is 14.9. The molecule has 1 aliphatic rings. The van der Waals surface area contributed by atoms with Crippen LogP contribution in [0.3, 0.4) is 0 Å². The molecule has 1 amide bonds. The highest BCUT2D eigenvalue weighted by Crippen LogP contribution is 2.29. The summed E-state index contributed by atoms with van der Waals surface area (Å²) < 4.78 is 5.69. The number of carbonyl (C=O) groups is 1. The predicted octanol–water partition coefficient (Wildman–Crippen LogP) is 3.33. The van der Waals surface area contributed by atoms with Gasteiger partial charge in [-0.2, -0.15) is 0 Å². The van der Waals surface area contributed by atoms with Crippen molar-refractivity contribution in [3.63, 3.8) is 0 Å². The minimum Gasteiger partial charge on any atom is -0.484 e. The smallest absolute Gasteiger partial charge is 0.260 e. The van der Waals surface area contributed by atoms with Crippen LogP contribution in [-0.2, 0) is 4.79 Å². The molecule has 0 aromatic heterocycles. The van der Waals surface area contributed by atoms with Crippen LogP contribution in [0.2, 0.25) is 0 Å². The Kier molecular flexibility index (Phi) is 5.05. The SMILES string of the molecule is CCCN(CC1CC1)C(=O)COc1ccc(C)cc1C.